The molecular weight excluding hydrogens is 225 g/mol. The molecule has 1 heterocycles. The highest BCUT2D eigenvalue weighted by atomic mass is 19.1. The average molecular weight is 235 g/mol. The Morgan fingerprint density at radius 1 is 1.29 bits per heavy atom. The molecule has 0 spiro atoms. The monoisotopic (exact) mass is 235 g/mol. The fourth-order valence-corrected chi connectivity index (χ4v) is 1.47. The predicted molar refractivity (Wildman–Crippen MR) is 59.6 cm³/mol. The van der Waals surface area contributed by atoms with Gasteiger partial charge in [-0.15, -0.1) is 0 Å². The van der Waals surface area contributed by atoms with Crippen LogP contribution in [0.5, 0.6) is 11.6 Å². The second-order valence-corrected chi connectivity index (χ2v) is 3.40. The van der Waals surface area contributed by atoms with Crippen LogP contribution in [0.4, 0.5) is 4.39 Å². The van der Waals surface area contributed by atoms with Crippen molar-refractivity contribution in [3.05, 3.63) is 30.1 Å². The van der Waals surface area contributed by atoms with Crippen LogP contribution in [0.25, 0.3) is 10.9 Å². The van der Waals surface area contributed by atoms with Crippen LogP contribution in [0.1, 0.15) is 6.92 Å². The molecule has 0 aliphatic carbocycles. The molecule has 0 bridgehead atoms. The normalized spacial score (nSPS) is 10.3. The van der Waals surface area contributed by atoms with E-state index in [-0.39, 0.29) is 11.3 Å². The number of fused-ring (bicyclic) bond motifs is 1. The smallest absolute Gasteiger partial charge is 0.308 e. The molecule has 0 atom stereocenters. The molecule has 0 N–H and O–H groups in total. The molecule has 88 valence electrons. The number of ether oxygens (including phenoxy) is 2. The minimum Gasteiger partial charge on any atom is -0.481 e. The molecule has 0 unspecified atom stereocenters. The van der Waals surface area contributed by atoms with Gasteiger partial charge in [0.05, 0.1) is 7.11 Å². The Morgan fingerprint density at radius 3 is 2.65 bits per heavy atom. The lowest BCUT2D eigenvalue weighted by molar-refractivity contribution is -0.132. The van der Waals surface area contributed by atoms with E-state index in [1.807, 2.05) is 0 Å². The Morgan fingerprint density at radius 2 is 2.00 bits per heavy atom. The number of esters is 1. The minimum atomic E-state index is -0.631. The van der Waals surface area contributed by atoms with Gasteiger partial charge in [0.25, 0.3) is 0 Å². The summed E-state index contributed by atoms with van der Waals surface area (Å²) in [7, 11) is 1.46. The van der Waals surface area contributed by atoms with Gasteiger partial charge in [0.15, 0.2) is 11.6 Å². The third-order valence-electron chi connectivity index (χ3n) is 2.20. The van der Waals surface area contributed by atoms with E-state index in [1.54, 1.807) is 18.2 Å². The van der Waals surface area contributed by atoms with Gasteiger partial charge in [-0.3, -0.25) is 4.79 Å². The highest BCUT2D eigenvalue weighted by molar-refractivity contribution is 5.87. The first-order valence-electron chi connectivity index (χ1n) is 4.93. The maximum Gasteiger partial charge on any atom is 0.308 e. The van der Waals surface area contributed by atoms with Crippen LogP contribution >= 0.6 is 0 Å². The molecule has 2 aromatic rings. The number of hydrogen-bond donors (Lipinski definition) is 0. The number of methoxy groups -OCH3 is 1. The van der Waals surface area contributed by atoms with E-state index in [1.165, 1.54) is 20.1 Å². The molecule has 0 fully saturated rings. The van der Waals surface area contributed by atoms with Gasteiger partial charge in [-0.1, -0.05) is 0 Å². The Hall–Kier alpha value is -2.17. The summed E-state index contributed by atoms with van der Waals surface area (Å²) in [6.45, 7) is 1.21. The number of carbonyl (C=O) groups is 1. The molecule has 1 aromatic carbocycles. The van der Waals surface area contributed by atoms with Crippen LogP contribution in [0.15, 0.2) is 24.3 Å². The molecule has 0 aliphatic rings. The van der Waals surface area contributed by atoms with E-state index in [0.29, 0.717) is 11.3 Å². The highest BCUT2D eigenvalue weighted by Gasteiger charge is 2.13. The van der Waals surface area contributed by atoms with Crippen LogP contribution in [0.3, 0.4) is 0 Å². The molecule has 4 nitrogen and oxygen atoms in total. The van der Waals surface area contributed by atoms with Crippen LogP contribution in [0.2, 0.25) is 0 Å². The number of pyridine rings is 1. The van der Waals surface area contributed by atoms with E-state index < -0.39 is 11.8 Å². The number of rotatable bonds is 2. The van der Waals surface area contributed by atoms with E-state index in [0.717, 1.165) is 0 Å². The Kier molecular flexibility index (Phi) is 2.91. The maximum atomic E-state index is 13.6. The highest BCUT2D eigenvalue weighted by Crippen LogP contribution is 2.29. The predicted octanol–water partition coefficient (Wildman–Crippen LogP) is 2.31. The zero-order valence-corrected chi connectivity index (χ0v) is 9.36. The number of benzene rings is 1. The van der Waals surface area contributed by atoms with E-state index in [9.17, 15) is 9.18 Å². The van der Waals surface area contributed by atoms with Gasteiger partial charge < -0.3 is 9.47 Å². The van der Waals surface area contributed by atoms with Crippen LogP contribution in [0, 0.1) is 5.82 Å². The zero-order chi connectivity index (χ0) is 12.4. The van der Waals surface area contributed by atoms with Gasteiger partial charge in [0.2, 0.25) is 5.88 Å². The standard InChI is InChI=1S/C12H10FNO3/c1-7(15)17-12-9(13)5-3-8-4-6-10(16-2)14-11(8)12/h3-6H,1-2H3. The second kappa shape index (κ2) is 4.37. The maximum absolute atomic E-state index is 13.6. The summed E-state index contributed by atoms with van der Waals surface area (Å²) < 4.78 is 23.3. The summed E-state index contributed by atoms with van der Waals surface area (Å²) in [5.41, 5.74) is 0.263. The number of aromatic nitrogens is 1. The number of halogens is 1. The molecular formula is C12H10FNO3. The van der Waals surface area contributed by atoms with Crippen molar-refractivity contribution in [3.63, 3.8) is 0 Å². The molecule has 0 aliphatic heterocycles. The number of hydrogen-bond acceptors (Lipinski definition) is 4. The van der Waals surface area contributed by atoms with E-state index in [2.05, 4.69) is 4.98 Å². The molecule has 0 amide bonds. The third kappa shape index (κ3) is 2.18. The van der Waals surface area contributed by atoms with Crippen molar-refractivity contribution in [2.75, 3.05) is 7.11 Å². The lowest BCUT2D eigenvalue weighted by Crippen LogP contribution is -2.04. The van der Waals surface area contributed by atoms with Crippen LogP contribution < -0.4 is 9.47 Å². The van der Waals surface area contributed by atoms with Crippen molar-refractivity contribution in [2.45, 2.75) is 6.92 Å². The summed E-state index contributed by atoms with van der Waals surface area (Å²) in [6, 6.07) is 6.16. The largest absolute Gasteiger partial charge is 0.481 e. The van der Waals surface area contributed by atoms with Crippen LogP contribution in [-0.2, 0) is 4.79 Å². The summed E-state index contributed by atoms with van der Waals surface area (Å²) in [6.07, 6.45) is 0. The third-order valence-corrected chi connectivity index (χ3v) is 2.20. The Bertz CT molecular complexity index is 583. The molecule has 0 saturated carbocycles. The van der Waals surface area contributed by atoms with Gasteiger partial charge in [0, 0.05) is 18.4 Å². The summed E-state index contributed by atoms with van der Waals surface area (Å²) in [4.78, 5) is 15.0. The summed E-state index contributed by atoms with van der Waals surface area (Å²) >= 11 is 0. The quantitative estimate of drug-likeness (QED) is 0.592. The van der Waals surface area contributed by atoms with Crippen molar-refractivity contribution in [2.24, 2.45) is 0 Å². The number of nitrogens with zero attached hydrogens (tertiary/aromatic N) is 1. The van der Waals surface area contributed by atoms with Gasteiger partial charge in [-0.2, -0.15) is 0 Å². The molecule has 5 heteroatoms. The van der Waals surface area contributed by atoms with Crippen molar-refractivity contribution in [1.82, 2.24) is 4.98 Å². The fourth-order valence-electron chi connectivity index (χ4n) is 1.47. The van der Waals surface area contributed by atoms with E-state index in [4.69, 9.17) is 9.47 Å². The molecule has 2 rings (SSSR count). The van der Waals surface area contributed by atoms with Crippen molar-refractivity contribution in [1.29, 1.82) is 0 Å². The van der Waals surface area contributed by atoms with Gasteiger partial charge >= 0.3 is 5.97 Å². The van der Waals surface area contributed by atoms with Gasteiger partial charge in [0.1, 0.15) is 5.52 Å². The molecule has 17 heavy (non-hydrogen) atoms. The summed E-state index contributed by atoms with van der Waals surface area (Å²) in [5, 5.41) is 0.670. The van der Waals surface area contributed by atoms with Crippen molar-refractivity contribution in [3.8, 4) is 11.6 Å². The first kappa shape index (κ1) is 11.3. The molecule has 0 saturated heterocycles. The topological polar surface area (TPSA) is 48.4 Å². The molecule has 0 radical (unpaired) electrons. The lowest BCUT2D eigenvalue weighted by atomic mass is 10.2. The first-order chi connectivity index (χ1) is 8.11. The average Bonchev–Trinajstić information content (AvgIpc) is 2.32. The number of carbonyl (C=O) groups excluding carboxylic acids is 1. The van der Waals surface area contributed by atoms with Crippen molar-refractivity contribution < 1.29 is 18.7 Å². The minimum absolute atomic E-state index is 0.172. The first-order valence-corrected chi connectivity index (χ1v) is 4.93. The SMILES string of the molecule is COc1ccc2ccc(F)c(OC(C)=O)c2n1. The second-order valence-electron chi connectivity index (χ2n) is 3.40. The van der Waals surface area contributed by atoms with Gasteiger partial charge in [-0.05, 0) is 18.2 Å². The van der Waals surface area contributed by atoms with E-state index >= 15 is 0 Å². The van der Waals surface area contributed by atoms with Crippen molar-refractivity contribution >= 4 is 16.9 Å². The van der Waals surface area contributed by atoms with Crippen LogP contribution in [-0.4, -0.2) is 18.1 Å². The lowest BCUT2D eigenvalue weighted by Gasteiger charge is -2.07. The molecule has 1 aromatic heterocycles. The fraction of sp³-hybridized carbons (Fsp3) is 0.167. The summed E-state index contributed by atoms with van der Waals surface area (Å²) in [5.74, 6) is -1.07. The Labute approximate surface area is 97.0 Å². The van der Waals surface area contributed by atoms with Gasteiger partial charge in [-0.25, -0.2) is 9.37 Å². The Balaban J connectivity index is 2.68. The zero-order valence-electron chi connectivity index (χ0n) is 9.36.